The van der Waals surface area contributed by atoms with E-state index in [1.54, 1.807) is 0 Å². The molecule has 112 valence electrons. The summed E-state index contributed by atoms with van der Waals surface area (Å²) in [5, 5.41) is 0. The molecule has 1 aromatic heterocycles. The van der Waals surface area contributed by atoms with E-state index in [2.05, 4.69) is 4.98 Å². The van der Waals surface area contributed by atoms with Gasteiger partial charge in [0.2, 0.25) is 0 Å². The SMILES string of the molecule is NC(Cc1c(F)cccc1F)c1ccc(C(F)(F)F)cn1. The van der Waals surface area contributed by atoms with Crippen LogP contribution in [-0.2, 0) is 12.6 Å². The molecule has 2 aromatic rings. The van der Waals surface area contributed by atoms with Crippen molar-refractivity contribution in [3.63, 3.8) is 0 Å². The first-order chi connectivity index (χ1) is 9.79. The van der Waals surface area contributed by atoms with Crippen LogP contribution in [0.4, 0.5) is 22.0 Å². The fourth-order valence-corrected chi connectivity index (χ4v) is 1.84. The second-order valence-corrected chi connectivity index (χ2v) is 4.48. The van der Waals surface area contributed by atoms with Crippen molar-refractivity contribution in [2.45, 2.75) is 18.6 Å². The lowest BCUT2D eigenvalue weighted by atomic mass is 10.0. The third-order valence-corrected chi connectivity index (χ3v) is 2.98. The van der Waals surface area contributed by atoms with Crippen LogP contribution in [0.5, 0.6) is 0 Å². The van der Waals surface area contributed by atoms with Crippen LogP contribution in [0.1, 0.15) is 22.9 Å². The Labute approximate surface area is 117 Å². The van der Waals surface area contributed by atoms with Gasteiger partial charge in [-0.15, -0.1) is 0 Å². The molecule has 0 fully saturated rings. The lowest BCUT2D eigenvalue weighted by Crippen LogP contribution is -2.17. The zero-order valence-corrected chi connectivity index (χ0v) is 10.7. The summed E-state index contributed by atoms with van der Waals surface area (Å²) in [4.78, 5) is 3.61. The monoisotopic (exact) mass is 302 g/mol. The van der Waals surface area contributed by atoms with Crippen LogP contribution in [0, 0.1) is 11.6 Å². The summed E-state index contributed by atoms with van der Waals surface area (Å²) < 4.78 is 64.2. The predicted octanol–water partition coefficient (Wildman–Crippen LogP) is 3.62. The molecule has 0 saturated carbocycles. The molecule has 0 bridgehead atoms. The van der Waals surface area contributed by atoms with Crippen LogP contribution in [0.25, 0.3) is 0 Å². The van der Waals surface area contributed by atoms with Crippen LogP contribution in [0.2, 0.25) is 0 Å². The van der Waals surface area contributed by atoms with Crippen LogP contribution in [0.15, 0.2) is 36.5 Å². The number of nitrogens with zero attached hydrogens (tertiary/aromatic N) is 1. The van der Waals surface area contributed by atoms with Crippen molar-refractivity contribution in [1.82, 2.24) is 4.98 Å². The Balaban J connectivity index is 2.19. The normalized spacial score (nSPS) is 13.2. The molecular weight excluding hydrogens is 291 g/mol. The highest BCUT2D eigenvalue weighted by molar-refractivity contribution is 5.24. The molecule has 0 spiro atoms. The number of aromatic nitrogens is 1. The average Bonchev–Trinajstić information content (AvgIpc) is 2.42. The Bertz CT molecular complexity index is 602. The van der Waals surface area contributed by atoms with Gasteiger partial charge in [-0.05, 0) is 30.7 Å². The number of halogens is 5. The molecule has 21 heavy (non-hydrogen) atoms. The molecular formula is C14H11F5N2. The van der Waals surface area contributed by atoms with Gasteiger partial charge in [-0.3, -0.25) is 4.98 Å². The second kappa shape index (κ2) is 5.77. The number of alkyl halides is 3. The number of benzene rings is 1. The summed E-state index contributed by atoms with van der Waals surface area (Å²) in [6.07, 6.45) is -4.04. The molecule has 0 aliphatic rings. The number of hydrogen-bond acceptors (Lipinski definition) is 2. The summed E-state index contributed by atoms with van der Waals surface area (Å²) in [5.74, 6) is -1.50. The van der Waals surface area contributed by atoms with Gasteiger partial charge in [-0.1, -0.05) is 6.07 Å². The van der Waals surface area contributed by atoms with Gasteiger partial charge in [-0.25, -0.2) is 8.78 Å². The van der Waals surface area contributed by atoms with Gasteiger partial charge >= 0.3 is 6.18 Å². The molecule has 0 aliphatic carbocycles. The van der Waals surface area contributed by atoms with E-state index in [1.165, 1.54) is 6.07 Å². The van der Waals surface area contributed by atoms with Gasteiger partial charge in [0.05, 0.1) is 17.3 Å². The Hall–Kier alpha value is -2.02. The highest BCUT2D eigenvalue weighted by Crippen LogP contribution is 2.29. The van der Waals surface area contributed by atoms with Gasteiger partial charge < -0.3 is 5.73 Å². The van der Waals surface area contributed by atoms with Crippen LogP contribution in [0.3, 0.4) is 0 Å². The Morgan fingerprint density at radius 3 is 2.14 bits per heavy atom. The average molecular weight is 302 g/mol. The summed E-state index contributed by atoms with van der Waals surface area (Å²) in [7, 11) is 0. The van der Waals surface area contributed by atoms with Crippen molar-refractivity contribution in [1.29, 1.82) is 0 Å². The van der Waals surface area contributed by atoms with E-state index in [1.807, 2.05) is 0 Å². The van der Waals surface area contributed by atoms with E-state index in [4.69, 9.17) is 5.73 Å². The summed E-state index contributed by atoms with van der Waals surface area (Å²) >= 11 is 0. The summed E-state index contributed by atoms with van der Waals surface area (Å²) in [6.45, 7) is 0. The molecule has 2 nitrogen and oxygen atoms in total. The van der Waals surface area contributed by atoms with Crippen LogP contribution in [-0.4, -0.2) is 4.98 Å². The molecule has 1 aromatic carbocycles. The van der Waals surface area contributed by atoms with Crippen molar-refractivity contribution in [2.24, 2.45) is 5.73 Å². The molecule has 0 radical (unpaired) electrons. The van der Waals surface area contributed by atoms with Crippen LogP contribution < -0.4 is 5.73 Å². The quantitative estimate of drug-likeness (QED) is 0.880. The van der Waals surface area contributed by atoms with Crippen molar-refractivity contribution >= 4 is 0 Å². The van der Waals surface area contributed by atoms with E-state index < -0.39 is 29.4 Å². The van der Waals surface area contributed by atoms with Gasteiger partial charge in [0, 0.05) is 11.8 Å². The summed E-state index contributed by atoms with van der Waals surface area (Å²) in [5.41, 5.74) is 4.75. The van der Waals surface area contributed by atoms with Gasteiger partial charge in [0.25, 0.3) is 0 Å². The number of rotatable bonds is 3. The molecule has 1 unspecified atom stereocenters. The number of pyridine rings is 1. The molecule has 7 heteroatoms. The zero-order chi connectivity index (χ0) is 15.6. The van der Waals surface area contributed by atoms with Crippen molar-refractivity contribution in [3.05, 3.63) is 65.0 Å². The Kier molecular flexibility index (Phi) is 4.22. The summed E-state index contributed by atoms with van der Waals surface area (Å²) in [6, 6.07) is 4.43. The molecule has 0 aliphatic heterocycles. The van der Waals surface area contributed by atoms with Gasteiger partial charge in [0.15, 0.2) is 0 Å². The molecule has 0 saturated heterocycles. The fourth-order valence-electron chi connectivity index (χ4n) is 1.84. The lowest BCUT2D eigenvalue weighted by Gasteiger charge is -2.13. The van der Waals surface area contributed by atoms with E-state index in [0.717, 1.165) is 24.3 Å². The Morgan fingerprint density at radius 1 is 1.05 bits per heavy atom. The minimum atomic E-state index is -4.49. The van der Waals surface area contributed by atoms with Gasteiger partial charge in [-0.2, -0.15) is 13.2 Å². The molecule has 2 N–H and O–H groups in total. The fraction of sp³-hybridized carbons (Fsp3) is 0.214. The van der Waals surface area contributed by atoms with E-state index >= 15 is 0 Å². The molecule has 1 heterocycles. The van der Waals surface area contributed by atoms with E-state index in [0.29, 0.717) is 6.20 Å². The Morgan fingerprint density at radius 2 is 1.67 bits per heavy atom. The van der Waals surface area contributed by atoms with Crippen molar-refractivity contribution in [2.75, 3.05) is 0 Å². The third-order valence-electron chi connectivity index (χ3n) is 2.98. The van der Waals surface area contributed by atoms with Crippen molar-refractivity contribution < 1.29 is 22.0 Å². The number of hydrogen-bond donors (Lipinski definition) is 1. The van der Waals surface area contributed by atoms with E-state index in [-0.39, 0.29) is 17.7 Å². The minimum absolute atomic E-state index is 0.130. The van der Waals surface area contributed by atoms with Crippen LogP contribution >= 0.6 is 0 Å². The third kappa shape index (κ3) is 3.55. The maximum atomic E-state index is 13.5. The first-order valence-electron chi connectivity index (χ1n) is 6.00. The smallest absolute Gasteiger partial charge is 0.322 e. The lowest BCUT2D eigenvalue weighted by molar-refractivity contribution is -0.137. The first-order valence-corrected chi connectivity index (χ1v) is 6.00. The molecule has 0 amide bonds. The van der Waals surface area contributed by atoms with Crippen molar-refractivity contribution in [3.8, 4) is 0 Å². The maximum Gasteiger partial charge on any atom is 0.417 e. The minimum Gasteiger partial charge on any atom is -0.322 e. The van der Waals surface area contributed by atoms with E-state index in [9.17, 15) is 22.0 Å². The standard InChI is InChI=1S/C14H11F5N2/c15-10-2-1-3-11(16)9(10)6-12(20)13-5-4-8(7-21-13)14(17,18)19/h1-5,7,12H,6,20H2. The second-order valence-electron chi connectivity index (χ2n) is 4.48. The van der Waals surface area contributed by atoms with Gasteiger partial charge in [0.1, 0.15) is 11.6 Å². The predicted molar refractivity (Wildman–Crippen MR) is 66.2 cm³/mol. The molecule has 1 atom stereocenters. The first kappa shape index (κ1) is 15.4. The zero-order valence-electron chi connectivity index (χ0n) is 10.7. The highest BCUT2D eigenvalue weighted by atomic mass is 19.4. The highest BCUT2D eigenvalue weighted by Gasteiger charge is 2.30. The largest absolute Gasteiger partial charge is 0.417 e. The number of nitrogens with two attached hydrogens (primary N) is 1. The topological polar surface area (TPSA) is 38.9 Å². The molecule has 2 rings (SSSR count). The maximum absolute atomic E-state index is 13.5.